The summed E-state index contributed by atoms with van der Waals surface area (Å²) in [6, 6.07) is 8.17. The number of nitrogens with zero attached hydrogens (tertiary/aromatic N) is 4. The van der Waals surface area contributed by atoms with Gasteiger partial charge in [-0.3, -0.25) is 4.90 Å². The summed E-state index contributed by atoms with van der Waals surface area (Å²) in [5.41, 5.74) is 3.62. The first-order valence-corrected chi connectivity index (χ1v) is 8.24. The average molecular weight is 312 g/mol. The van der Waals surface area contributed by atoms with Crippen LogP contribution >= 0.6 is 0 Å². The van der Waals surface area contributed by atoms with Gasteiger partial charge in [0.25, 0.3) is 0 Å². The second kappa shape index (κ2) is 6.96. The van der Waals surface area contributed by atoms with Crippen molar-refractivity contribution in [1.29, 1.82) is 0 Å². The number of aromatic nitrogens is 2. The van der Waals surface area contributed by atoms with Crippen LogP contribution in [0.5, 0.6) is 11.6 Å². The smallest absolute Gasteiger partial charge is 0.222 e. The number of benzene rings is 1. The SMILES string of the molecule is CCN(CC)Cc1cc(Oc2ccc3c(c2)CCN3C)ncn1. The lowest BCUT2D eigenvalue weighted by Gasteiger charge is -2.17. The summed E-state index contributed by atoms with van der Waals surface area (Å²) in [4.78, 5) is 13.2. The zero-order valence-electron chi connectivity index (χ0n) is 14.1. The zero-order chi connectivity index (χ0) is 16.2. The lowest BCUT2D eigenvalue weighted by molar-refractivity contribution is 0.291. The molecule has 0 atom stereocenters. The highest BCUT2D eigenvalue weighted by molar-refractivity contribution is 5.59. The van der Waals surface area contributed by atoms with Gasteiger partial charge < -0.3 is 9.64 Å². The summed E-state index contributed by atoms with van der Waals surface area (Å²) in [6.07, 6.45) is 2.65. The Morgan fingerprint density at radius 1 is 1.17 bits per heavy atom. The van der Waals surface area contributed by atoms with Gasteiger partial charge in [0.2, 0.25) is 5.88 Å². The molecule has 122 valence electrons. The van der Waals surface area contributed by atoms with Crippen molar-refractivity contribution in [3.63, 3.8) is 0 Å². The largest absolute Gasteiger partial charge is 0.439 e. The third-order valence-electron chi connectivity index (χ3n) is 4.38. The number of ether oxygens (including phenoxy) is 1. The molecule has 0 spiro atoms. The third kappa shape index (κ3) is 3.62. The van der Waals surface area contributed by atoms with Crippen molar-refractivity contribution in [2.75, 3.05) is 31.6 Å². The Balaban J connectivity index is 1.73. The van der Waals surface area contributed by atoms with Crippen LogP contribution in [0.15, 0.2) is 30.6 Å². The molecule has 3 rings (SSSR count). The normalized spacial score (nSPS) is 13.5. The Kier molecular flexibility index (Phi) is 4.76. The van der Waals surface area contributed by atoms with E-state index in [1.165, 1.54) is 11.3 Å². The fourth-order valence-corrected chi connectivity index (χ4v) is 2.92. The van der Waals surface area contributed by atoms with Crippen molar-refractivity contribution < 1.29 is 4.74 Å². The maximum Gasteiger partial charge on any atom is 0.222 e. The first kappa shape index (κ1) is 15.7. The van der Waals surface area contributed by atoms with Gasteiger partial charge in [-0.25, -0.2) is 9.97 Å². The van der Waals surface area contributed by atoms with Gasteiger partial charge >= 0.3 is 0 Å². The Labute approximate surface area is 137 Å². The maximum absolute atomic E-state index is 5.94. The van der Waals surface area contributed by atoms with E-state index in [0.29, 0.717) is 5.88 Å². The molecule has 1 aliphatic rings. The lowest BCUT2D eigenvalue weighted by atomic mass is 10.1. The minimum atomic E-state index is 0.605. The molecule has 1 aliphatic heterocycles. The van der Waals surface area contributed by atoms with Crippen LogP contribution in [0, 0.1) is 0 Å². The van der Waals surface area contributed by atoms with Crippen LogP contribution in [-0.2, 0) is 13.0 Å². The fourth-order valence-electron chi connectivity index (χ4n) is 2.92. The van der Waals surface area contributed by atoms with Crippen LogP contribution in [0.4, 0.5) is 5.69 Å². The number of rotatable bonds is 6. The van der Waals surface area contributed by atoms with Gasteiger partial charge in [-0.1, -0.05) is 13.8 Å². The van der Waals surface area contributed by atoms with Gasteiger partial charge in [0.1, 0.15) is 12.1 Å². The molecule has 0 fully saturated rings. The summed E-state index contributed by atoms with van der Waals surface area (Å²) in [5.74, 6) is 1.44. The second-order valence-corrected chi connectivity index (χ2v) is 5.87. The van der Waals surface area contributed by atoms with E-state index < -0.39 is 0 Å². The monoisotopic (exact) mass is 312 g/mol. The molecule has 2 aromatic rings. The highest BCUT2D eigenvalue weighted by Crippen LogP contribution is 2.31. The standard InChI is InChI=1S/C18H24N4O/c1-4-22(5-2)12-15-11-18(20-13-19-15)23-16-6-7-17-14(10-16)8-9-21(17)3/h6-7,10-11,13H,4-5,8-9,12H2,1-3H3. The molecule has 5 nitrogen and oxygen atoms in total. The summed E-state index contributed by atoms with van der Waals surface area (Å²) in [6.45, 7) is 8.22. The van der Waals surface area contributed by atoms with E-state index in [-0.39, 0.29) is 0 Å². The Hall–Kier alpha value is -2.14. The summed E-state index contributed by atoms with van der Waals surface area (Å²) in [5, 5.41) is 0. The van der Waals surface area contributed by atoms with E-state index in [1.54, 1.807) is 6.33 Å². The highest BCUT2D eigenvalue weighted by Gasteiger charge is 2.16. The Morgan fingerprint density at radius 3 is 2.78 bits per heavy atom. The molecule has 0 amide bonds. The quantitative estimate of drug-likeness (QED) is 0.820. The van der Waals surface area contributed by atoms with Crippen molar-refractivity contribution >= 4 is 5.69 Å². The first-order valence-electron chi connectivity index (χ1n) is 8.24. The van der Waals surface area contributed by atoms with Gasteiger partial charge in [0, 0.05) is 31.9 Å². The van der Waals surface area contributed by atoms with E-state index in [2.05, 4.69) is 52.8 Å². The van der Waals surface area contributed by atoms with Crippen LogP contribution in [0.1, 0.15) is 25.1 Å². The predicted octanol–water partition coefficient (Wildman–Crippen LogP) is 3.10. The highest BCUT2D eigenvalue weighted by atomic mass is 16.5. The van der Waals surface area contributed by atoms with Crippen molar-refractivity contribution in [2.24, 2.45) is 0 Å². The molecule has 5 heteroatoms. The van der Waals surface area contributed by atoms with E-state index in [1.807, 2.05) is 12.1 Å². The van der Waals surface area contributed by atoms with Gasteiger partial charge in [0.05, 0.1) is 5.69 Å². The second-order valence-electron chi connectivity index (χ2n) is 5.87. The lowest BCUT2D eigenvalue weighted by Crippen LogP contribution is -2.22. The molecule has 2 heterocycles. The molecule has 0 aliphatic carbocycles. The van der Waals surface area contributed by atoms with Crippen molar-refractivity contribution in [3.05, 3.63) is 41.9 Å². The molecule has 0 saturated carbocycles. The predicted molar refractivity (Wildman–Crippen MR) is 92.1 cm³/mol. The number of hydrogen-bond acceptors (Lipinski definition) is 5. The number of anilines is 1. The van der Waals surface area contributed by atoms with E-state index >= 15 is 0 Å². The van der Waals surface area contributed by atoms with Crippen LogP contribution in [0.2, 0.25) is 0 Å². The van der Waals surface area contributed by atoms with Crippen LogP contribution in [0.3, 0.4) is 0 Å². The molecule has 0 unspecified atom stereocenters. The van der Waals surface area contributed by atoms with Crippen LogP contribution < -0.4 is 9.64 Å². The van der Waals surface area contributed by atoms with Crippen molar-refractivity contribution in [3.8, 4) is 11.6 Å². The number of likely N-dealkylation sites (N-methyl/N-ethyl adjacent to an activating group) is 1. The molecule has 0 N–H and O–H groups in total. The maximum atomic E-state index is 5.94. The number of fused-ring (bicyclic) bond motifs is 1. The summed E-state index contributed by atoms with van der Waals surface area (Å²) >= 11 is 0. The van der Waals surface area contributed by atoms with Crippen LogP contribution in [-0.4, -0.2) is 41.5 Å². The van der Waals surface area contributed by atoms with Crippen LogP contribution in [0.25, 0.3) is 0 Å². The first-order chi connectivity index (χ1) is 11.2. The van der Waals surface area contributed by atoms with Crippen molar-refractivity contribution in [1.82, 2.24) is 14.9 Å². The van der Waals surface area contributed by atoms with Gasteiger partial charge in [-0.2, -0.15) is 0 Å². The Bertz CT molecular complexity index is 670. The van der Waals surface area contributed by atoms with E-state index in [4.69, 9.17) is 4.74 Å². The minimum Gasteiger partial charge on any atom is -0.439 e. The molecule has 1 aromatic carbocycles. The molecular formula is C18H24N4O. The number of hydrogen-bond donors (Lipinski definition) is 0. The fraction of sp³-hybridized carbons (Fsp3) is 0.444. The molecular weight excluding hydrogens is 288 g/mol. The van der Waals surface area contributed by atoms with Crippen molar-refractivity contribution in [2.45, 2.75) is 26.8 Å². The van der Waals surface area contributed by atoms with E-state index in [0.717, 1.165) is 44.0 Å². The minimum absolute atomic E-state index is 0.605. The van der Waals surface area contributed by atoms with E-state index in [9.17, 15) is 0 Å². The molecule has 0 radical (unpaired) electrons. The topological polar surface area (TPSA) is 41.5 Å². The molecule has 0 bridgehead atoms. The average Bonchev–Trinajstić information content (AvgIpc) is 2.93. The summed E-state index contributed by atoms with van der Waals surface area (Å²) < 4.78 is 5.94. The summed E-state index contributed by atoms with van der Waals surface area (Å²) in [7, 11) is 2.12. The van der Waals surface area contributed by atoms with Gasteiger partial charge in [-0.15, -0.1) is 0 Å². The Morgan fingerprint density at radius 2 is 2.00 bits per heavy atom. The molecule has 0 saturated heterocycles. The zero-order valence-corrected chi connectivity index (χ0v) is 14.1. The van der Waals surface area contributed by atoms with Gasteiger partial charge in [-0.05, 0) is 43.3 Å². The molecule has 1 aromatic heterocycles. The third-order valence-corrected chi connectivity index (χ3v) is 4.38. The van der Waals surface area contributed by atoms with Gasteiger partial charge in [0.15, 0.2) is 0 Å². The molecule has 23 heavy (non-hydrogen) atoms.